The number of carboxylic acid groups (broad SMARTS) is 2. The van der Waals surface area contributed by atoms with Gasteiger partial charge in [-0.2, -0.15) is 0 Å². The highest BCUT2D eigenvalue weighted by Gasteiger charge is 2.55. The van der Waals surface area contributed by atoms with Gasteiger partial charge in [0.25, 0.3) is 11.8 Å². The van der Waals surface area contributed by atoms with E-state index in [2.05, 4.69) is 25.8 Å². The Morgan fingerprint density at radius 2 is 2.07 bits per heavy atom. The van der Waals surface area contributed by atoms with E-state index in [1.54, 1.807) is 23.2 Å². The number of halogens is 1. The Kier molecular flexibility index (Phi) is 8.81. The van der Waals surface area contributed by atoms with Crippen molar-refractivity contribution in [3.63, 3.8) is 0 Å². The van der Waals surface area contributed by atoms with Gasteiger partial charge in [-0.05, 0) is 6.92 Å². The van der Waals surface area contributed by atoms with Crippen molar-refractivity contribution >= 4 is 91.5 Å². The summed E-state index contributed by atoms with van der Waals surface area (Å²) in [5.74, 6) is -3.90. The number of carboxylic acids is 2. The van der Waals surface area contributed by atoms with Crippen LogP contribution in [0.4, 0.5) is 16.0 Å². The smallest absolute Gasteiger partial charge is 0.352 e. The molecule has 0 aromatic carbocycles. The molecule has 1 fully saturated rings. The Labute approximate surface area is 260 Å². The molecule has 0 bridgehead atoms. The van der Waals surface area contributed by atoms with Crippen LogP contribution in [0.15, 0.2) is 52.5 Å². The molecule has 1 saturated heterocycles. The number of amides is 2. The highest BCUT2D eigenvalue weighted by molar-refractivity contribution is 8.00. The number of β-lactam (4-membered cyclic amide) rings is 1. The molecule has 3 aromatic heterocycles. The molecule has 3 aromatic rings. The Morgan fingerprint density at radius 1 is 1.33 bits per heavy atom. The predicted molar refractivity (Wildman–Crippen MR) is 158 cm³/mol. The van der Waals surface area contributed by atoms with E-state index in [1.165, 1.54) is 30.0 Å². The number of pyridine rings is 1. The monoisotopic (exact) mass is 665 g/mol. The molecule has 6 N–H and O–H groups in total. The van der Waals surface area contributed by atoms with Crippen LogP contribution in [0.5, 0.6) is 0 Å². The molecular weight excluding hydrogens is 644 g/mol. The number of aliphatic carboxylic acids is 2. The van der Waals surface area contributed by atoms with Crippen LogP contribution >= 0.6 is 46.0 Å². The van der Waals surface area contributed by atoms with Gasteiger partial charge in [0.05, 0.1) is 5.69 Å². The van der Waals surface area contributed by atoms with Gasteiger partial charge in [-0.25, -0.2) is 24.1 Å². The van der Waals surface area contributed by atoms with Crippen molar-refractivity contribution in [2.45, 2.75) is 31.0 Å². The number of hydrogen-bond acceptors (Lipinski definition) is 13. The third-order valence-corrected chi connectivity index (χ3v) is 9.29. The number of nitrogens with zero attached hydrogens (tertiary/aromatic N) is 5. The topological polar surface area (TPSA) is 213 Å². The van der Waals surface area contributed by atoms with E-state index in [4.69, 9.17) is 27.3 Å². The Morgan fingerprint density at radius 3 is 2.67 bits per heavy atom. The van der Waals surface area contributed by atoms with Crippen molar-refractivity contribution in [1.29, 1.82) is 0 Å². The van der Waals surface area contributed by atoms with Crippen LogP contribution in [0.1, 0.15) is 12.6 Å². The summed E-state index contributed by atoms with van der Waals surface area (Å²) in [6, 6.07) is 2.54. The van der Waals surface area contributed by atoms with Gasteiger partial charge in [0.15, 0.2) is 34.9 Å². The molecule has 2 amide bonds. The lowest BCUT2D eigenvalue weighted by atomic mass is 10.0. The number of rotatable bonds is 11. The van der Waals surface area contributed by atoms with Crippen molar-refractivity contribution in [2.24, 2.45) is 5.16 Å². The first-order valence-corrected chi connectivity index (χ1v) is 15.4. The summed E-state index contributed by atoms with van der Waals surface area (Å²) >= 11 is 9.75. The summed E-state index contributed by atoms with van der Waals surface area (Å²) in [4.78, 5) is 64.1. The number of thiazole rings is 2. The fraction of sp³-hybridized carbons (Fsp3) is 0.250. The molecule has 0 spiro atoms. The van der Waals surface area contributed by atoms with Crippen LogP contribution in [0, 0.1) is 0 Å². The molecule has 2 aliphatic rings. The lowest BCUT2D eigenvalue weighted by Gasteiger charge is -2.49. The van der Waals surface area contributed by atoms with E-state index in [9.17, 15) is 24.3 Å². The fourth-order valence-corrected chi connectivity index (χ4v) is 6.93. The van der Waals surface area contributed by atoms with Gasteiger partial charge in [0.1, 0.15) is 27.1 Å². The molecule has 3 atom stereocenters. The quantitative estimate of drug-likeness (QED) is 0.0853. The number of anilines is 3. The molecule has 43 heavy (non-hydrogen) atoms. The number of aromatic nitrogens is 3. The molecule has 0 radical (unpaired) electrons. The maximum absolute atomic E-state index is 13.2. The second kappa shape index (κ2) is 12.5. The third kappa shape index (κ3) is 6.41. The zero-order valence-corrected chi connectivity index (χ0v) is 25.2. The lowest BCUT2D eigenvalue weighted by Crippen LogP contribution is -2.71. The molecule has 224 valence electrons. The van der Waals surface area contributed by atoms with Gasteiger partial charge in [0, 0.05) is 35.0 Å². The van der Waals surface area contributed by atoms with Crippen LogP contribution in [-0.4, -0.2) is 77.8 Å². The molecule has 5 rings (SSSR count). The average molecular weight is 666 g/mol. The molecule has 19 heteroatoms. The van der Waals surface area contributed by atoms with Gasteiger partial charge in [-0.1, -0.05) is 28.1 Å². The van der Waals surface area contributed by atoms with Crippen LogP contribution < -0.4 is 20.9 Å². The van der Waals surface area contributed by atoms with Crippen LogP contribution in [0.25, 0.3) is 0 Å². The minimum Gasteiger partial charge on any atom is -0.478 e. The van der Waals surface area contributed by atoms with E-state index in [0.717, 1.165) is 27.1 Å². The van der Waals surface area contributed by atoms with E-state index < -0.39 is 47.0 Å². The number of hydrogen-bond donors (Lipinski definition) is 5. The van der Waals surface area contributed by atoms with E-state index in [0.29, 0.717) is 5.57 Å². The van der Waals surface area contributed by atoms with Gasteiger partial charge in [0.2, 0.25) is 6.10 Å². The molecule has 15 nitrogen and oxygen atoms in total. The minimum absolute atomic E-state index is 0.00294. The van der Waals surface area contributed by atoms with Gasteiger partial charge >= 0.3 is 11.9 Å². The Bertz CT molecular complexity index is 1640. The second-order valence-corrected chi connectivity index (χ2v) is 12.7. The Hall–Kier alpha value is -4.26. The van der Waals surface area contributed by atoms with Gasteiger partial charge < -0.3 is 31.4 Å². The summed E-state index contributed by atoms with van der Waals surface area (Å²) in [7, 11) is 0. The van der Waals surface area contributed by atoms with E-state index in [1.807, 2.05) is 17.5 Å². The largest absolute Gasteiger partial charge is 0.478 e. The minimum atomic E-state index is -1.41. The first-order valence-electron chi connectivity index (χ1n) is 12.3. The summed E-state index contributed by atoms with van der Waals surface area (Å²) < 4.78 is 1.79. The first kappa shape index (κ1) is 30.2. The maximum atomic E-state index is 13.2. The lowest BCUT2D eigenvalue weighted by molar-refractivity contribution is -0.688. The number of fused-ring (bicyclic) bond motifs is 1. The number of carbonyl (C=O) groups is 4. The van der Waals surface area contributed by atoms with Crippen LogP contribution in [0.3, 0.4) is 0 Å². The van der Waals surface area contributed by atoms with Crippen molar-refractivity contribution in [1.82, 2.24) is 20.2 Å². The zero-order valence-electron chi connectivity index (χ0n) is 22.0. The number of oxime groups is 1. The normalized spacial score (nSPS) is 18.9. The van der Waals surface area contributed by atoms with Gasteiger partial charge in [-0.3, -0.25) is 14.5 Å². The molecule has 0 aliphatic carbocycles. The van der Waals surface area contributed by atoms with Gasteiger partial charge in [-0.15, -0.1) is 23.1 Å². The summed E-state index contributed by atoms with van der Waals surface area (Å²) in [6.45, 7) is 1.42. The maximum Gasteiger partial charge on any atom is 0.352 e. The number of nitrogens with two attached hydrogens (primary N) is 1. The van der Waals surface area contributed by atoms with Crippen molar-refractivity contribution in [3.05, 3.63) is 57.4 Å². The highest BCUT2D eigenvalue weighted by atomic mass is 35.5. The van der Waals surface area contributed by atoms with Crippen LogP contribution in [-0.2, 0) is 30.6 Å². The number of thioether (sulfide) groups is 1. The fourth-order valence-electron chi connectivity index (χ4n) is 4.12. The summed E-state index contributed by atoms with van der Waals surface area (Å²) in [6.07, 6.45) is 3.85. The predicted octanol–water partition coefficient (Wildman–Crippen LogP) is 1.50. The van der Waals surface area contributed by atoms with Crippen molar-refractivity contribution in [2.75, 3.05) is 16.8 Å². The van der Waals surface area contributed by atoms with Crippen molar-refractivity contribution in [3.8, 4) is 0 Å². The molecule has 2 aliphatic heterocycles. The number of nitrogens with one attached hydrogen (secondary N) is 2. The van der Waals surface area contributed by atoms with E-state index >= 15 is 0 Å². The number of carbonyl (C=O) groups excluding carboxylic acids is 2. The molecular formula is C24H22ClN8O7S3+. The summed E-state index contributed by atoms with van der Waals surface area (Å²) in [5, 5.41) is 30.4. The first-order chi connectivity index (χ1) is 20.5. The Balaban J connectivity index is 1.31. The average Bonchev–Trinajstić information content (AvgIpc) is 3.60. The molecule has 0 saturated carbocycles. The van der Waals surface area contributed by atoms with E-state index in [-0.39, 0.29) is 33.2 Å². The standard InChI is InChI=1S/C24H21ClN8O7S3/c1-10(21(36)37)40-31-14(13-17(25)43-23(26)30-13)18(34)29-15-19(35)33-16(22(38)39)11(9-42-20(15)33)8-32-5-2-12(3-6-32)28-24-27-4-7-41-24/h2-7,10,15,20H,8-9H2,1H3,(H5,26,29,30,34,36,37,38,39)/p+1/t10-,15?,20?/m0/s1. The third-order valence-electron chi connectivity index (χ3n) is 6.18. The molecule has 5 heterocycles. The summed E-state index contributed by atoms with van der Waals surface area (Å²) in [5.41, 5.74) is 6.21. The highest BCUT2D eigenvalue weighted by Crippen LogP contribution is 2.40. The zero-order chi connectivity index (χ0) is 30.8. The second-order valence-electron chi connectivity index (χ2n) is 9.04. The SMILES string of the molecule is C[C@H](ON=C(C(=O)NC1C(=O)N2C(C(=O)O)=C(C[n+]3ccc(Nc4nccs4)cc3)CSC12)c1nc(N)sc1Cl)C(=O)O. The molecule has 2 unspecified atom stereocenters. The number of nitrogen functional groups attached to an aromatic ring is 1. The van der Waals surface area contributed by atoms with Crippen molar-refractivity contribution < 1.29 is 38.8 Å². The van der Waals surface area contributed by atoms with Crippen LogP contribution in [0.2, 0.25) is 4.34 Å².